The summed E-state index contributed by atoms with van der Waals surface area (Å²) in [7, 11) is 0. The Bertz CT molecular complexity index is 790. The first kappa shape index (κ1) is 17.9. The second-order valence-electron chi connectivity index (χ2n) is 4.61. The second-order valence-corrected chi connectivity index (χ2v) is 6.32. The summed E-state index contributed by atoms with van der Waals surface area (Å²) in [6, 6.07) is 7.03. The zero-order valence-corrected chi connectivity index (χ0v) is 14.1. The highest BCUT2D eigenvalue weighted by molar-refractivity contribution is 7.17. The Kier molecular flexibility index (Phi) is 5.88. The fraction of sp³-hybridized carbons (Fsp3) is 0.200. The summed E-state index contributed by atoms with van der Waals surface area (Å²) in [4.78, 5) is 34.7. The molecular weight excluding hydrogens is 356 g/mol. The van der Waals surface area contributed by atoms with E-state index in [9.17, 15) is 19.7 Å². The Morgan fingerprint density at radius 3 is 2.67 bits per heavy atom. The minimum absolute atomic E-state index is 0.0993. The van der Waals surface area contributed by atoms with Crippen molar-refractivity contribution < 1.29 is 19.2 Å². The van der Waals surface area contributed by atoms with Gasteiger partial charge in [0.2, 0.25) is 0 Å². The van der Waals surface area contributed by atoms with Gasteiger partial charge in [0.15, 0.2) is 0 Å². The first-order chi connectivity index (χ1) is 11.4. The van der Waals surface area contributed by atoms with Crippen molar-refractivity contribution in [3.8, 4) is 0 Å². The van der Waals surface area contributed by atoms with Gasteiger partial charge in [-0.25, -0.2) is 4.79 Å². The summed E-state index contributed by atoms with van der Waals surface area (Å²) < 4.78 is 5.34. The molecule has 1 heterocycles. The number of hydrogen-bond donors (Lipinski definition) is 1. The average molecular weight is 369 g/mol. The van der Waals surface area contributed by atoms with Gasteiger partial charge in [-0.05, 0) is 31.2 Å². The number of hydrogen-bond acceptors (Lipinski definition) is 6. The molecular formula is C15H13ClN2O5S. The van der Waals surface area contributed by atoms with E-state index in [1.54, 1.807) is 19.1 Å². The van der Waals surface area contributed by atoms with Crippen molar-refractivity contribution in [1.29, 1.82) is 0 Å². The molecule has 2 rings (SSSR count). The zero-order valence-electron chi connectivity index (χ0n) is 12.6. The number of amides is 1. The molecule has 1 N–H and O–H groups in total. The summed E-state index contributed by atoms with van der Waals surface area (Å²) in [6.07, 6.45) is 0. The van der Waals surface area contributed by atoms with Gasteiger partial charge in [0.1, 0.15) is 0 Å². The number of nitro groups is 1. The normalized spacial score (nSPS) is 10.2. The quantitative estimate of drug-likeness (QED) is 0.478. The summed E-state index contributed by atoms with van der Waals surface area (Å²) in [5, 5.41) is 13.7. The molecule has 1 aromatic heterocycles. The predicted molar refractivity (Wildman–Crippen MR) is 89.6 cm³/mol. The Morgan fingerprint density at radius 2 is 2.08 bits per heavy atom. The molecule has 0 radical (unpaired) electrons. The summed E-state index contributed by atoms with van der Waals surface area (Å²) in [5.74, 6) is -0.979. The number of nitrogens with one attached hydrogen (secondary N) is 1. The largest absolute Gasteiger partial charge is 0.462 e. The van der Waals surface area contributed by atoms with Crippen LogP contribution in [0.3, 0.4) is 0 Å². The Hall–Kier alpha value is -2.45. The maximum atomic E-state index is 12.0. The van der Waals surface area contributed by atoms with Crippen LogP contribution in [-0.4, -0.2) is 23.4 Å². The van der Waals surface area contributed by atoms with E-state index in [1.165, 1.54) is 18.2 Å². The zero-order chi connectivity index (χ0) is 17.7. The number of ether oxygens (including phenoxy) is 1. The van der Waals surface area contributed by atoms with E-state index < -0.39 is 16.8 Å². The maximum absolute atomic E-state index is 12.0. The number of thiophene rings is 1. The Morgan fingerprint density at radius 1 is 1.33 bits per heavy atom. The molecule has 0 bridgehead atoms. The van der Waals surface area contributed by atoms with E-state index in [-0.39, 0.29) is 30.0 Å². The maximum Gasteiger partial charge on any atom is 0.338 e. The van der Waals surface area contributed by atoms with Gasteiger partial charge in [-0.2, -0.15) is 0 Å². The van der Waals surface area contributed by atoms with E-state index >= 15 is 0 Å². The van der Waals surface area contributed by atoms with Gasteiger partial charge in [-0.15, -0.1) is 11.3 Å². The lowest BCUT2D eigenvalue weighted by Gasteiger charge is -2.07. The number of halogens is 1. The van der Waals surface area contributed by atoms with Crippen LogP contribution in [-0.2, 0) is 11.3 Å². The Balaban J connectivity index is 2.20. The van der Waals surface area contributed by atoms with Crippen LogP contribution in [0.15, 0.2) is 30.3 Å². The fourth-order valence-corrected chi connectivity index (χ4v) is 2.91. The number of nitrogens with zero attached hydrogens (tertiary/aromatic N) is 1. The third-order valence-corrected chi connectivity index (χ3v) is 4.25. The van der Waals surface area contributed by atoms with Crippen LogP contribution in [0.2, 0.25) is 4.34 Å². The number of carbonyl (C=O) groups excluding carboxylic acids is 2. The van der Waals surface area contributed by atoms with Crippen LogP contribution in [0.1, 0.15) is 32.5 Å². The first-order valence-electron chi connectivity index (χ1n) is 6.90. The van der Waals surface area contributed by atoms with E-state index in [2.05, 4.69) is 5.32 Å². The number of benzene rings is 1. The summed E-state index contributed by atoms with van der Waals surface area (Å²) >= 11 is 6.87. The molecule has 0 aliphatic heterocycles. The molecule has 0 aliphatic rings. The van der Waals surface area contributed by atoms with Gasteiger partial charge in [0.05, 0.1) is 26.3 Å². The van der Waals surface area contributed by atoms with Crippen molar-refractivity contribution in [2.24, 2.45) is 0 Å². The van der Waals surface area contributed by atoms with E-state index in [0.717, 1.165) is 11.3 Å². The monoisotopic (exact) mass is 368 g/mol. The molecule has 0 aliphatic carbocycles. The highest BCUT2D eigenvalue weighted by Crippen LogP contribution is 2.23. The molecule has 9 heteroatoms. The smallest absolute Gasteiger partial charge is 0.338 e. The van der Waals surface area contributed by atoms with E-state index in [4.69, 9.17) is 16.3 Å². The van der Waals surface area contributed by atoms with E-state index in [1.807, 2.05) is 0 Å². The van der Waals surface area contributed by atoms with Gasteiger partial charge < -0.3 is 10.1 Å². The van der Waals surface area contributed by atoms with Crippen LogP contribution in [0.5, 0.6) is 0 Å². The summed E-state index contributed by atoms with van der Waals surface area (Å²) in [5.41, 5.74) is 0.208. The third kappa shape index (κ3) is 4.30. The highest BCUT2D eigenvalue weighted by atomic mass is 35.5. The van der Waals surface area contributed by atoms with Gasteiger partial charge >= 0.3 is 5.97 Å². The number of carbonyl (C=O) groups is 2. The van der Waals surface area contributed by atoms with Crippen molar-refractivity contribution >= 4 is 40.5 Å². The molecule has 1 amide bonds. The minimum atomic E-state index is -0.579. The molecule has 0 unspecified atom stereocenters. The van der Waals surface area contributed by atoms with Crippen molar-refractivity contribution in [1.82, 2.24) is 5.32 Å². The van der Waals surface area contributed by atoms with Crippen LogP contribution in [0.4, 0.5) is 5.69 Å². The van der Waals surface area contributed by atoms with Gasteiger partial charge in [-0.3, -0.25) is 14.9 Å². The molecule has 24 heavy (non-hydrogen) atoms. The average Bonchev–Trinajstić information content (AvgIpc) is 2.99. The number of rotatable bonds is 6. The van der Waals surface area contributed by atoms with Gasteiger partial charge in [0, 0.05) is 18.2 Å². The molecule has 126 valence electrons. The van der Waals surface area contributed by atoms with Crippen molar-refractivity contribution in [2.75, 3.05) is 6.61 Å². The second kappa shape index (κ2) is 7.89. The van der Waals surface area contributed by atoms with Crippen molar-refractivity contribution in [3.63, 3.8) is 0 Å². The predicted octanol–water partition coefficient (Wildman–Crippen LogP) is 3.42. The van der Waals surface area contributed by atoms with Crippen molar-refractivity contribution in [2.45, 2.75) is 13.5 Å². The first-order valence-corrected chi connectivity index (χ1v) is 8.09. The molecule has 2 aromatic rings. The molecule has 0 spiro atoms. The van der Waals surface area contributed by atoms with Gasteiger partial charge in [-0.1, -0.05) is 11.6 Å². The standard InChI is InChI=1S/C15H13ClN2O5S/c1-2-23-15(20)9-3-4-11(18(21)22)10(7-9)8-17-14(19)12-5-6-13(16)24-12/h3-7H,2,8H2,1H3,(H,17,19). The molecule has 0 atom stereocenters. The lowest BCUT2D eigenvalue weighted by molar-refractivity contribution is -0.385. The van der Waals surface area contributed by atoms with E-state index in [0.29, 0.717) is 9.21 Å². The van der Waals surface area contributed by atoms with Crippen LogP contribution in [0, 0.1) is 10.1 Å². The number of nitro benzene ring substituents is 1. The highest BCUT2D eigenvalue weighted by Gasteiger charge is 2.18. The molecule has 0 fully saturated rings. The van der Waals surface area contributed by atoms with Crippen LogP contribution < -0.4 is 5.32 Å². The third-order valence-electron chi connectivity index (χ3n) is 3.02. The van der Waals surface area contributed by atoms with Crippen LogP contribution >= 0.6 is 22.9 Å². The molecule has 1 aromatic carbocycles. The number of esters is 1. The van der Waals surface area contributed by atoms with Crippen molar-refractivity contribution in [3.05, 3.63) is 60.8 Å². The Labute approximate surface area is 146 Å². The fourth-order valence-electron chi connectivity index (χ4n) is 1.95. The minimum Gasteiger partial charge on any atom is -0.462 e. The lowest BCUT2D eigenvalue weighted by Crippen LogP contribution is -2.22. The van der Waals surface area contributed by atoms with Gasteiger partial charge in [0.25, 0.3) is 11.6 Å². The SMILES string of the molecule is CCOC(=O)c1ccc([N+](=O)[O-])c(CNC(=O)c2ccc(Cl)s2)c1. The summed E-state index contributed by atoms with van der Waals surface area (Å²) in [6.45, 7) is 1.76. The topological polar surface area (TPSA) is 98.5 Å². The van der Waals surface area contributed by atoms with Crippen LogP contribution in [0.25, 0.3) is 0 Å². The molecule has 7 nitrogen and oxygen atoms in total. The molecule has 0 saturated carbocycles. The molecule has 0 saturated heterocycles. The lowest BCUT2D eigenvalue weighted by atomic mass is 10.1.